The molecule has 9 rings (SSSR count). The fourth-order valence-electron chi connectivity index (χ4n) is 7.39. The molecule has 0 saturated heterocycles. The van der Waals surface area contributed by atoms with Gasteiger partial charge in [-0.25, -0.2) is 0 Å². The molecule has 0 radical (unpaired) electrons. The molecule has 0 unspecified atom stereocenters. The van der Waals surface area contributed by atoms with Gasteiger partial charge in [-0.3, -0.25) is 0 Å². The zero-order valence-corrected chi connectivity index (χ0v) is 33.1. The summed E-state index contributed by atoms with van der Waals surface area (Å²) in [5, 5.41) is 0.305. The average Bonchev–Trinajstić information content (AvgIpc) is 3.25. The van der Waals surface area contributed by atoms with Crippen molar-refractivity contribution < 1.29 is 13.7 Å². The molecular formula is C54H50N2. The fraction of sp³-hybridized carbons (Fsp3) is 0.185. The van der Waals surface area contributed by atoms with Crippen molar-refractivity contribution >= 4 is 55.7 Å². The predicted molar refractivity (Wildman–Crippen MR) is 239 cm³/mol. The lowest BCUT2D eigenvalue weighted by atomic mass is 9.86. The Morgan fingerprint density at radius 3 is 1.11 bits per heavy atom. The zero-order valence-electron chi connectivity index (χ0n) is 43.1. The highest BCUT2D eigenvalue weighted by Gasteiger charge is 2.22. The van der Waals surface area contributed by atoms with Crippen LogP contribution < -0.4 is 9.80 Å². The van der Waals surface area contributed by atoms with Crippen molar-refractivity contribution in [2.75, 3.05) is 9.80 Å². The normalized spacial score (nSPS) is 14.8. The van der Waals surface area contributed by atoms with Gasteiger partial charge in [-0.1, -0.05) is 114 Å². The lowest BCUT2D eigenvalue weighted by molar-refractivity contribution is 0.590. The third kappa shape index (κ3) is 6.24. The second-order valence-electron chi connectivity index (χ2n) is 16.8. The number of para-hydroxylation sites is 2. The van der Waals surface area contributed by atoms with Crippen LogP contribution in [0.3, 0.4) is 0 Å². The summed E-state index contributed by atoms with van der Waals surface area (Å²) in [5.41, 5.74) is 6.11. The Morgan fingerprint density at radius 1 is 0.393 bits per heavy atom. The Bertz CT molecular complexity index is 3350. The maximum absolute atomic E-state index is 9.87. The van der Waals surface area contributed by atoms with E-state index in [1.165, 1.54) is 0 Å². The molecule has 276 valence electrons. The third-order valence-corrected chi connectivity index (χ3v) is 10.7. The molecular weight excluding hydrogens is 677 g/mol. The van der Waals surface area contributed by atoms with E-state index in [0.717, 1.165) is 22.3 Å². The average molecular weight is 737 g/mol. The van der Waals surface area contributed by atoms with E-state index in [1.54, 1.807) is 9.80 Å². The monoisotopic (exact) mass is 736 g/mol. The summed E-state index contributed by atoms with van der Waals surface area (Å²) in [6, 6.07) is 28.1. The number of nitrogens with zero attached hydrogens (tertiary/aromatic N) is 2. The number of aryl methyl sites for hydroxylation is 2. The molecule has 0 aliphatic heterocycles. The third-order valence-electron chi connectivity index (χ3n) is 10.7. The van der Waals surface area contributed by atoms with E-state index in [2.05, 4.69) is 53.7 Å². The number of anilines is 6. The molecule has 2 heteroatoms. The van der Waals surface area contributed by atoms with Crippen molar-refractivity contribution in [1.82, 2.24) is 0 Å². The molecule has 0 spiro atoms. The molecule has 0 N–H and O–H groups in total. The molecule has 1 aliphatic carbocycles. The molecule has 0 heterocycles. The maximum Gasteiger partial charge on any atom is 0.0651 e. The molecule has 0 bridgehead atoms. The highest BCUT2D eigenvalue weighted by Crippen LogP contribution is 2.42. The molecule has 0 atom stereocenters. The summed E-state index contributed by atoms with van der Waals surface area (Å²) >= 11 is 0. The van der Waals surface area contributed by atoms with Crippen LogP contribution in [0.5, 0.6) is 0 Å². The topological polar surface area (TPSA) is 6.48 Å². The van der Waals surface area contributed by atoms with Gasteiger partial charge in [-0.05, 0) is 174 Å². The lowest BCUT2D eigenvalue weighted by Gasteiger charge is -2.30. The summed E-state index contributed by atoms with van der Waals surface area (Å²) in [6.07, 6.45) is 0. The Morgan fingerprint density at radius 2 is 0.750 bits per heavy atom. The number of hydrogen-bond donors (Lipinski definition) is 0. The number of hydrogen-bond acceptors (Lipinski definition) is 2. The van der Waals surface area contributed by atoms with Crippen LogP contribution in [0.2, 0.25) is 0 Å². The van der Waals surface area contributed by atoms with E-state index in [1.807, 2.05) is 98.8 Å². The zero-order chi connectivity index (χ0) is 47.6. The fourth-order valence-corrected chi connectivity index (χ4v) is 7.39. The minimum absolute atomic E-state index is 0.0316. The van der Waals surface area contributed by atoms with Gasteiger partial charge < -0.3 is 9.80 Å². The molecule has 0 amide bonds. The van der Waals surface area contributed by atoms with Crippen molar-refractivity contribution in [3.05, 3.63) is 201 Å². The summed E-state index contributed by atoms with van der Waals surface area (Å²) in [6.45, 7) is 16.5. The van der Waals surface area contributed by atoms with Gasteiger partial charge in [0.15, 0.2) is 0 Å². The molecule has 1 aliphatic rings. The van der Waals surface area contributed by atoms with Gasteiger partial charge in [0.25, 0.3) is 0 Å². The highest BCUT2D eigenvalue weighted by molar-refractivity contribution is 5.92. The molecule has 0 fully saturated rings. The molecule has 0 saturated carbocycles. The van der Waals surface area contributed by atoms with Crippen LogP contribution in [-0.2, 0) is 10.8 Å². The summed E-state index contributed by atoms with van der Waals surface area (Å²) in [4.78, 5) is 3.57. The Balaban J connectivity index is 1.39. The first-order valence-corrected chi connectivity index (χ1v) is 19.1. The van der Waals surface area contributed by atoms with Gasteiger partial charge in [0.1, 0.15) is 0 Å². The van der Waals surface area contributed by atoms with Gasteiger partial charge in [0.05, 0.1) is 13.7 Å². The van der Waals surface area contributed by atoms with E-state index in [0.29, 0.717) is 22.7 Å². The van der Waals surface area contributed by atoms with Crippen LogP contribution in [0.4, 0.5) is 34.1 Å². The van der Waals surface area contributed by atoms with Crippen molar-refractivity contribution in [2.24, 2.45) is 0 Å². The van der Waals surface area contributed by atoms with Crippen LogP contribution in [0.15, 0.2) is 157 Å². The van der Waals surface area contributed by atoms with Crippen LogP contribution in [0.1, 0.15) is 77.5 Å². The maximum atomic E-state index is 9.87. The molecule has 0 aromatic heterocycles. The van der Waals surface area contributed by atoms with Crippen LogP contribution >= 0.6 is 0 Å². The van der Waals surface area contributed by atoms with Crippen molar-refractivity contribution in [2.45, 2.75) is 66.2 Å². The molecule has 8 aromatic rings. The van der Waals surface area contributed by atoms with Crippen molar-refractivity contribution in [1.29, 1.82) is 0 Å². The van der Waals surface area contributed by atoms with E-state index in [-0.39, 0.29) is 125 Å². The minimum atomic E-state index is -0.353. The first-order valence-electron chi connectivity index (χ1n) is 24.1. The quantitative estimate of drug-likeness (QED) is 0.168. The largest absolute Gasteiger partial charge is 0.310 e. The van der Waals surface area contributed by atoms with Crippen molar-refractivity contribution in [3.63, 3.8) is 0 Å². The summed E-state index contributed by atoms with van der Waals surface area (Å²) < 4.78 is 96.6. The molecule has 2 nitrogen and oxygen atoms in total. The summed E-state index contributed by atoms with van der Waals surface area (Å²) in [5.74, 6) is 0. The molecule has 8 aromatic carbocycles. The molecule has 56 heavy (non-hydrogen) atoms. The number of fused-ring (bicyclic) bond motifs is 4. The standard InChI is InChI=1S/C54H50N2/c1-35-19-23-41(53(3,4)5)33-51(35)55(43-15-11-9-12-16-43)45-25-21-37-29-47-48-30-38-22-26-46(28-40(38)32-50(48)49(47)31-39(37)27-45)56(44-17-13-10-14-18-44)52-34-42(54(6,7)8)24-20-36(52)2/h9-34H,1-8H3/i21D,22D,25D,26D,27D,28D,29D,30D,31D,32D. The SMILES string of the molecule is [2H]c1c(N(c2ccccc2)c2cc(C(C)(C)C)ccc2C)c([2H])c2c([2H])c3c(c([2H])c2c1[2H])=c1c([2H])c2c([2H])c([2H])c(N(c4ccccc4)c4cc(C(C)(C)C)ccc4C)c([2H])c2c([2H])c1=3. The number of rotatable bonds is 6. The first kappa shape index (κ1) is 25.9. The van der Waals surface area contributed by atoms with Crippen LogP contribution in [0, 0.1) is 34.7 Å². The van der Waals surface area contributed by atoms with E-state index < -0.39 is 0 Å². The van der Waals surface area contributed by atoms with E-state index in [9.17, 15) is 13.7 Å². The van der Waals surface area contributed by atoms with Gasteiger partial charge in [0, 0.05) is 34.1 Å². The van der Waals surface area contributed by atoms with Crippen molar-refractivity contribution in [3.8, 4) is 0 Å². The second kappa shape index (κ2) is 13.3. The Kier molecular flexibility index (Phi) is 6.13. The smallest absolute Gasteiger partial charge is 0.0651 e. The minimum Gasteiger partial charge on any atom is -0.310 e. The first-order chi connectivity index (χ1) is 31.1. The van der Waals surface area contributed by atoms with Gasteiger partial charge >= 0.3 is 0 Å². The summed E-state index contributed by atoms with van der Waals surface area (Å²) in [7, 11) is 0. The van der Waals surface area contributed by atoms with Gasteiger partial charge in [0.2, 0.25) is 0 Å². The number of benzene rings is 8. The Labute approximate surface area is 345 Å². The van der Waals surface area contributed by atoms with E-state index in [4.69, 9.17) is 0 Å². The lowest BCUT2D eigenvalue weighted by Crippen LogP contribution is -2.15. The predicted octanol–water partition coefficient (Wildman–Crippen LogP) is 15.0. The second-order valence-corrected chi connectivity index (χ2v) is 16.8. The highest BCUT2D eigenvalue weighted by atomic mass is 15.1. The van der Waals surface area contributed by atoms with Gasteiger partial charge in [-0.15, -0.1) is 0 Å². The van der Waals surface area contributed by atoms with Gasteiger partial charge in [-0.2, -0.15) is 0 Å². The van der Waals surface area contributed by atoms with E-state index >= 15 is 0 Å². The van der Waals surface area contributed by atoms with Crippen LogP contribution in [-0.4, -0.2) is 0 Å². The van der Waals surface area contributed by atoms with Crippen LogP contribution in [0.25, 0.3) is 21.5 Å². The Hall–Kier alpha value is -6.12.